The predicted molar refractivity (Wildman–Crippen MR) is 117 cm³/mol. The first-order chi connectivity index (χ1) is 11.6. The standard InChI is InChI=1S/C18H23N3O2S.HI/c1-13(24-15-7-5-4-6-8-15)12-20-18(19)21-16-11-14(22-2)9-10-17(16)23-3;/h4-11,13H,12H2,1-3H3,(H3,19,20,21);1H. The molecule has 5 nitrogen and oxygen atoms in total. The number of aliphatic imine (C=N–C) groups is 1. The van der Waals surface area contributed by atoms with Gasteiger partial charge in [0.05, 0.1) is 26.5 Å². The van der Waals surface area contributed by atoms with Crippen molar-refractivity contribution in [2.75, 3.05) is 26.1 Å². The number of halogens is 1. The van der Waals surface area contributed by atoms with Crippen molar-refractivity contribution < 1.29 is 9.47 Å². The van der Waals surface area contributed by atoms with Crippen LogP contribution >= 0.6 is 35.7 Å². The van der Waals surface area contributed by atoms with Gasteiger partial charge < -0.3 is 20.5 Å². The van der Waals surface area contributed by atoms with Crippen molar-refractivity contribution in [1.29, 1.82) is 0 Å². The molecule has 0 amide bonds. The molecule has 2 rings (SSSR count). The molecular formula is C18H24IN3O2S. The van der Waals surface area contributed by atoms with Crippen molar-refractivity contribution >= 4 is 47.4 Å². The van der Waals surface area contributed by atoms with Gasteiger partial charge in [0.15, 0.2) is 5.96 Å². The molecule has 1 atom stereocenters. The number of nitrogens with two attached hydrogens (primary N) is 1. The number of nitrogens with zero attached hydrogens (tertiary/aromatic N) is 1. The Hall–Kier alpha value is -1.61. The van der Waals surface area contributed by atoms with Gasteiger partial charge in [0.25, 0.3) is 0 Å². The number of benzene rings is 2. The lowest BCUT2D eigenvalue weighted by Gasteiger charge is -2.13. The van der Waals surface area contributed by atoms with Crippen LogP contribution in [0.2, 0.25) is 0 Å². The molecule has 25 heavy (non-hydrogen) atoms. The van der Waals surface area contributed by atoms with Crippen LogP contribution in [-0.4, -0.2) is 32.0 Å². The number of nitrogens with one attached hydrogen (secondary N) is 1. The van der Waals surface area contributed by atoms with Gasteiger partial charge in [0.2, 0.25) is 0 Å². The average Bonchev–Trinajstić information content (AvgIpc) is 2.60. The molecule has 0 spiro atoms. The zero-order valence-electron chi connectivity index (χ0n) is 14.6. The average molecular weight is 473 g/mol. The Morgan fingerprint density at radius 1 is 1.16 bits per heavy atom. The van der Waals surface area contributed by atoms with E-state index in [1.54, 1.807) is 26.0 Å². The Labute approximate surface area is 170 Å². The highest BCUT2D eigenvalue weighted by atomic mass is 127. The van der Waals surface area contributed by atoms with E-state index in [0.717, 1.165) is 11.4 Å². The summed E-state index contributed by atoms with van der Waals surface area (Å²) in [5, 5.41) is 3.39. The Kier molecular flexibility index (Phi) is 9.51. The zero-order valence-corrected chi connectivity index (χ0v) is 17.7. The molecule has 1 unspecified atom stereocenters. The Morgan fingerprint density at radius 2 is 1.88 bits per heavy atom. The lowest BCUT2D eigenvalue weighted by Crippen LogP contribution is -2.24. The summed E-state index contributed by atoms with van der Waals surface area (Å²) in [4.78, 5) is 5.64. The van der Waals surface area contributed by atoms with Gasteiger partial charge in [-0.2, -0.15) is 0 Å². The molecule has 2 aromatic carbocycles. The molecule has 3 N–H and O–H groups in total. The minimum absolute atomic E-state index is 0. The molecule has 0 aliphatic heterocycles. The molecule has 0 bridgehead atoms. The van der Waals surface area contributed by atoms with Crippen LogP contribution in [-0.2, 0) is 0 Å². The monoisotopic (exact) mass is 473 g/mol. The van der Waals surface area contributed by atoms with Crippen molar-refractivity contribution in [3.05, 3.63) is 48.5 Å². The van der Waals surface area contributed by atoms with Crippen LogP contribution in [0.1, 0.15) is 6.92 Å². The number of hydrogen-bond acceptors (Lipinski definition) is 4. The largest absolute Gasteiger partial charge is 0.497 e. The summed E-state index contributed by atoms with van der Waals surface area (Å²) >= 11 is 1.77. The van der Waals surface area contributed by atoms with E-state index in [1.807, 2.05) is 36.4 Å². The van der Waals surface area contributed by atoms with E-state index in [1.165, 1.54) is 4.90 Å². The maximum absolute atomic E-state index is 6.00. The fourth-order valence-electron chi connectivity index (χ4n) is 2.08. The van der Waals surface area contributed by atoms with Crippen LogP contribution in [0.3, 0.4) is 0 Å². The van der Waals surface area contributed by atoms with Crippen LogP contribution in [0.15, 0.2) is 58.4 Å². The number of methoxy groups -OCH3 is 2. The number of hydrogen-bond donors (Lipinski definition) is 2. The Morgan fingerprint density at radius 3 is 2.52 bits per heavy atom. The minimum atomic E-state index is 0. The molecule has 0 radical (unpaired) electrons. The van der Waals surface area contributed by atoms with E-state index >= 15 is 0 Å². The summed E-state index contributed by atoms with van der Waals surface area (Å²) in [6.45, 7) is 2.74. The van der Waals surface area contributed by atoms with Crippen molar-refractivity contribution in [2.24, 2.45) is 10.7 Å². The maximum atomic E-state index is 6.00. The fraction of sp³-hybridized carbons (Fsp3) is 0.278. The van der Waals surface area contributed by atoms with Crippen LogP contribution in [0, 0.1) is 0 Å². The fourth-order valence-corrected chi connectivity index (χ4v) is 3.01. The molecule has 0 saturated carbocycles. The summed E-state index contributed by atoms with van der Waals surface area (Å²) in [6, 6.07) is 15.7. The normalized spacial score (nSPS) is 12.0. The third-order valence-corrected chi connectivity index (χ3v) is 4.36. The van der Waals surface area contributed by atoms with Gasteiger partial charge in [0, 0.05) is 16.2 Å². The number of guanidine groups is 1. The van der Waals surface area contributed by atoms with Gasteiger partial charge in [-0.15, -0.1) is 35.7 Å². The Balaban J connectivity index is 0.00000312. The van der Waals surface area contributed by atoms with Crippen LogP contribution in [0.5, 0.6) is 11.5 Å². The first-order valence-electron chi connectivity index (χ1n) is 7.63. The summed E-state index contributed by atoms with van der Waals surface area (Å²) in [6.07, 6.45) is 0. The van der Waals surface area contributed by atoms with E-state index in [-0.39, 0.29) is 24.0 Å². The van der Waals surface area contributed by atoms with E-state index in [4.69, 9.17) is 15.2 Å². The van der Waals surface area contributed by atoms with Crippen LogP contribution in [0.25, 0.3) is 0 Å². The first kappa shape index (κ1) is 21.4. The number of ether oxygens (including phenoxy) is 2. The van der Waals surface area contributed by atoms with Gasteiger partial charge in [-0.05, 0) is 24.3 Å². The molecule has 0 heterocycles. The number of rotatable bonds is 7. The van der Waals surface area contributed by atoms with E-state index in [2.05, 4.69) is 29.4 Å². The quantitative estimate of drug-likeness (QED) is 0.273. The molecular weight excluding hydrogens is 449 g/mol. The maximum Gasteiger partial charge on any atom is 0.193 e. The molecule has 0 aliphatic carbocycles. The third kappa shape index (κ3) is 7.03. The van der Waals surface area contributed by atoms with E-state index in [9.17, 15) is 0 Å². The van der Waals surface area contributed by atoms with Gasteiger partial charge in [-0.3, -0.25) is 4.99 Å². The molecule has 0 fully saturated rings. The summed E-state index contributed by atoms with van der Waals surface area (Å²) in [5.41, 5.74) is 6.72. The van der Waals surface area contributed by atoms with E-state index in [0.29, 0.717) is 23.5 Å². The van der Waals surface area contributed by atoms with Crippen molar-refractivity contribution in [3.63, 3.8) is 0 Å². The predicted octanol–water partition coefficient (Wildman–Crippen LogP) is 4.23. The Bertz CT molecular complexity index is 683. The molecule has 0 saturated heterocycles. The van der Waals surface area contributed by atoms with Crippen molar-refractivity contribution in [2.45, 2.75) is 17.1 Å². The first-order valence-corrected chi connectivity index (χ1v) is 8.51. The van der Waals surface area contributed by atoms with Crippen LogP contribution in [0.4, 0.5) is 5.69 Å². The topological polar surface area (TPSA) is 68.9 Å². The summed E-state index contributed by atoms with van der Waals surface area (Å²) in [7, 11) is 3.23. The second-order valence-corrected chi connectivity index (χ2v) is 6.67. The molecule has 2 aromatic rings. The highest BCUT2D eigenvalue weighted by Crippen LogP contribution is 2.28. The highest BCUT2D eigenvalue weighted by molar-refractivity contribution is 14.0. The highest BCUT2D eigenvalue weighted by Gasteiger charge is 2.07. The van der Waals surface area contributed by atoms with Crippen molar-refractivity contribution in [3.8, 4) is 11.5 Å². The molecule has 0 aromatic heterocycles. The lowest BCUT2D eigenvalue weighted by molar-refractivity contribution is 0.405. The van der Waals surface area contributed by atoms with Gasteiger partial charge in [-0.1, -0.05) is 25.1 Å². The van der Waals surface area contributed by atoms with Gasteiger partial charge in [0.1, 0.15) is 11.5 Å². The van der Waals surface area contributed by atoms with Gasteiger partial charge in [-0.25, -0.2) is 0 Å². The molecule has 7 heteroatoms. The number of anilines is 1. The number of thioether (sulfide) groups is 1. The van der Waals surface area contributed by atoms with Gasteiger partial charge >= 0.3 is 0 Å². The third-order valence-electron chi connectivity index (χ3n) is 3.27. The van der Waals surface area contributed by atoms with Crippen LogP contribution < -0.4 is 20.5 Å². The molecule has 136 valence electrons. The zero-order chi connectivity index (χ0) is 17.4. The smallest absolute Gasteiger partial charge is 0.193 e. The molecule has 0 aliphatic rings. The lowest BCUT2D eigenvalue weighted by atomic mass is 10.2. The summed E-state index contributed by atoms with van der Waals surface area (Å²) < 4.78 is 10.5. The van der Waals surface area contributed by atoms with E-state index < -0.39 is 0 Å². The second kappa shape index (κ2) is 11.1. The SMILES string of the molecule is COc1ccc(OC)c(NC(N)=NCC(C)Sc2ccccc2)c1.I. The second-order valence-electron chi connectivity index (χ2n) is 5.16. The van der Waals surface area contributed by atoms with Crippen molar-refractivity contribution in [1.82, 2.24) is 0 Å². The summed E-state index contributed by atoms with van der Waals surface area (Å²) in [5.74, 6) is 1.75. The minimum Gasteiger partial charge on any atom is -0.497 e.